The van der Waals surface area contributed by atoms with Crippen LogP contribution < -0.4 is 10.6 Å². The van der Waals surface area contributed by atoms with Crippen molar-refractivity contribution in [2.45, 2.75) is 62.3 Å². The first-order chi connectivity index (χ1) is 13.8. The number of amides is 1. The lowest BCUT2D eigenvalue weighted by Gasteiger charge is -2.42. The van der Waals surface area contributed by atoms with Crippen molar-refractivity contribution in [3.63, 3.8) is 0 Å². The van der Waals surface area contributed by atoms with E-state index in [4.69, 9.17) is 11.6 Å². The van der Waals surface area contributed by atoms with Gasteiger partial charge in [0.2, 0.25) is 5.91 Å². The van der Waals surface area contributed by atoms with Gasteiger partial charge >= 0.3 is 0 Å². The normalized spacial score (nSPS) is 42.2. The maximum atomic E-state index is 14.4. The van der Waals surface area contributed by atoms with Crippen LogP contribution in [0.25, 0.3) is 0 Å². The number of halogens is 3. The van der Waals surface area contributed by atoms with Crippen LogP contribution in [0, 0.1) is 16.7 Å². The molecule has 1 aromatic carbocycles. The summed E-state index contributed by atoms with van der Waals surface area (Å²) in [6.45, 7) is 0.144. The molecule has 1 heterocycles. The van der Waals surface area contributed by atoms with Crippen LogP contribution in [-0.4, -0.2) is 36.8 Å². The molecule has 2 N–H and O–H groups in total. The van der Waals surface area contributed by atoms with E-state index >= 15 is 0 Å². The Balaban J connectivity index is 1.50. The zero-order chi connectivity index (χ0) is 20.3. The van der Waals surface area contributed by atoms with E-state index in [9.17, 15) is 13.6 Å². The topological polar surface area (TPSA) is 41.1 Å². The molecule has 1 saturated heterocycles. The highest BCUT2D eigenvalue weighted by atomic mass is 35.5. The van der Waals surface area contributed by atoms with Crippen molar-refractivity contribution in [2.24, 2.45) is 16.7 Å². The Bertz CT molecular complexity index is 805. The van der Waals surface area contributed by atoms with Crippen LogP contribution in [0.4, 0.5) is 8.78 Å². The molecule has 4 aliphatic carbocycles. The number of piperidine rings is 1. The van der Waals surface area contributed by atoms with Gasteiger partial charge in [0.15, 0.2) is 0 Å². The smallest absolute Gasteiger partial charge is 0.280 e. The van der Waals surface area contributed by atoms with Crippen molar-refractivity contribution in [3.05, 3.63) is 35.9 Å². The average Bonchev–Trinajstić information content (AvgIpc) is 3.03. The minimum atomic E-state index is -2.91. The van der Waals surface area contributed by atoms with Crippen LogP contribution in [0.15, 0.2) is 30.3 Å². The number of hydrogen-bond donors (Lipinski definition) is 2. The Morgan fingerprint density at radius 1 is 1.17 bits per heavy atom. The van der Waals surface area contributed by atoms with Gasteiger partial charge in [0.05, 0.1) is 18.0 Å². The third kappa shape index (κ3) is 2.79. The summed E-state index contributed by atoms with van der Waals surface area (Å²) in [5, 5.41) is 5.58. The summed E-state index contributed by atoms with van der Waals surface area (Å²) in [5.74, 6) is -2.07. The van der Waals surface area contributed by atoms with Gasteiger partial charge in [0.1, 0.15) is 0 Å². The Morgan fingerprint density at radius 2 is 1.97 bits per heavy atom. The van der Waals surface area contributed by atoms with Gasteiger partial charge in [-0.15, -0.1) is 11.6 Å². The van der Waals surface area contributed by atoms with E-state index in [-0.39, 0.29) is 29.7 Å². The van der Waals surface area contributed by atoms with Crippen LogP contribution >= 0.6 is 11.6 Å². The lowest BCUT2D eigenvalue weighted by molar-refractivity contribution is -0.142. The van der Waals surface area contributed by atoms with Crippen molar-refractivity contribution in [1.82, 2.24) is 10.6 Å². The first-order valence-electron chi connectivity index (χ1n) is 10.9. The van der Waals surface area contributed by atoms with Crippen molar-refractivity contribution >= 4 is 17.5 Å². The molecule has 4 bridgehead atoms. The summed E-state index contributed by atoms with van der Waals surface area (Å²) in [5.41, 5.74) is 0.536. The maximum absolute atomic E-state index is 14.4. The zero-order valence-electron chi connectivity index (χ0n) is 16.7. The molecule has 29 heavy (non-hydrogen) atoms. The summed E-state index contributed by atoms with van der Waals surface area (Å²) >= 11 is 6.24. The second-order valence-electron chi connectivity index (χ2n) is 10.0. The van der Waals surface area contributed by atoms with Crippen molar-refractivity contribution in [2.75, 3.05) is 19.0 Å². The second kappa shape index (κ2) is 6.65. The molecule has 5 aliphatic rings. The lowest BCUT2D eigenvalue weighted by Crippen LogP contribution is -2.60. The van der Waals surface area contributed by atoms with Crippen LogP contribution in [0.2, 0.25) is 0 Å². The van der Waals surface area contributed by atoms with Crippen molar-refractivity contribution < 1.29 is 13.6 Å². The molecule has 0 radical (unpaired) electrons. The van der Waals surface area contributed by atoms with Gasteiger partial charge in [-0.3, -0.25) is 4.79 Å². The van der Waals surface area contributed by atoms with Gasteiger partial charge < -0.3 is 10.6 Å². The first kappa shape index (κ1) is 19.7. The molecule has 1 aliphatic heterocycles. The summed E-state index contributed by atoms with van der Waals surface area (Å²) < 4.78 is 28.9. The molecule has 0 spiro atoms. The monoisotopic (exact) mass is 422 g/mol. The molecule has 0 aromatic heterocycles. The number of rotatable bonds is 5. The number of carbonyl (C=O) groups is 1. The van der Waals surface area contributed by atoms with E-state index in [1.54, 1.807) is 0 Å². The largest absolute Gasteiger partial charge is 0.347 e. The fourth-order valence-corrected chi connectivity index (χ4v) is 7.97. The molecule has 6 heteroatoms. The van der Waals surface area contributed by atoms with Crippen LogP contribution in [-0.2, 0) is 10.2 Å². The standard InChI is InChI=1S/C23H29ClF2N2O/c24-8-7-21-11-16-10-20(13-21,17-4-2-1-3-5-17)14-22(21,12-16)19(29)28-18-6-9-27-15-23(18,25)26/h1-5,16,18,27H,6-15H2,(H,28,29)/t16?,18?,20-,21-,22?/m1/s1. The van der Waals surface area contributed by atoms with Gasteiger partial charge in [-0.1, -0.05) is 30.3 Å². The number of benzene rings is 1. The molecule has 5 fully saturated rings. The highest BCUT2D eigenvalue weighted by Gasteiger charge is 2.74. The van der Waals surface area contributed by atoms with Crippen LogP contribution in [0.1, 0.15) is 50.5 Å². The Hall–Kier alpha value is -1.20. The number of carbonyl (C=O) groups excluding carboxylic acids is 1. The van der Waals surface area contributed by atoms with E-state index in [2.05, 4.69) is 34.9 Å². The summed E-state index contributed by atoms with van der Waals surface area (Å²) in [4.78, 5) is 13.7. The van der Waals surface area contributed by atoms with Gasteiger partial charge in [-0.25, -0.2) is 8.78 Å². The third-order valence-electron chi connectivity index (χ3n) is 8.51. The fraction of sp³-hybridized carbons (Fsp3) is 0.696. The molecule has 3 nitrogen and oxygen atoms in total. The van der Waals surface area contributed by atoms with Crippen LogP contribution in [0.3, 0.4) is 0 Å². The van der Waals surface area contributed by atoms with E-state index < -0.39 is 17.4 Å². The number of nitrogens with one attached hydrogen (secondary N) is 2. The number of alkyl halides is 3. The van der Waals surface area contributed by atoms with E-state index in [0.717, 1.165) is 38.5 Å². The predicted molar refractivity (Wildman–Crippen MR) is 109 cm³/mol. The first-order valence-corrected chi connectivity index (χ1v) is 11.4. The summed E-state index contributed by atoms with van der Waals surface area (Å²) in [6.07, 6.45) is 5.69. The summed E-state index contributed by atoms with van der Waals surface area (Å²) in [7, 11) is 0. The molecule has 158 valence electrons. The van der Waals surface area contributed by atoms with E-state index in [1.165, 1.54) is 5.56 Å². The molecule has 4 saturated carbocycles. The molecule has 3 unspecified atom stereocenters. The Kier molecular flexibility index (Phi) is 4.53. The lowest BCUT2D eigenvalue weighted by atomic mass is 9.63. The SMILES string of the molecule is O=C(NC1CCNCC1(F)F)C12CC3C[C@](c4ccccc4)(C1)C[C@@]2(CCCl)C3. The highest BCUT2D eigenvalue weighted by Crippen LogP contribution is 2.77. The van der Waals surface area contributed by atoms with Crippen LogP contribution in [0.5, 0.6) is 0 Å². The van der Waals surface area contributed by atoms with Gasteiger partial charge in [-0.05, 0) is 73.8 Å². The quantitative estimate of drug-likeness (QED) is 0.696. The molecule has 1 amide bonds. The van der Waals surface area contributed by atoms with Gasteiger partial charge in [-0.2, -0.15) is 0 Å². The molecule has 6 rings (SSSR count). The van der Waals surface area contributed by atoms with Crippen molar-refractivity contribution in [1.29, 1.82) is 0 Å². The van der Waals surface area contributed by atoms with Crippen molar-refractivity contribution in [3.8, 4) is 0 Å². The van der Waals surface area contributed by atoms with E-state index in [1.807, 2.05) is 6.07 Å². The molecular weight excluding hydrogens is 394 g/mol. The minimum absolute atomic E-state index is 0.0253. The minimum Gasteiger partial charge on any atom is -0.347 e. The Labute approximate surface area is 176 Å². The molecule has 1 aromatic rings. The maximum Gasteiger partial charge on any atom is 0.280 e. The highest BCUT2D eigenvalue weighted by molar-refractivity contribution is 6.17. The number of hydrogen-bond acceptors (Lipinski definition) is 2. The average molecular weight is 423 g/mol. The summed E-state index contributed by atoms with van der Waals surface area (Å²) in [6, 6.07) is 9.42. The van der Waals surface area contributed by atoms with Gasteiger partial charge in [0, 0.05) is 5.88 Å². The molecular formula is C23H29ClF2N2O. The molecule has 5 atom stereocenters. The zero-order valence-corrected chi connectivity index (χ0v) is 17.4. The van der Waals surface area contributed by atoms with E-state index in [0.29, 0.717) is 18.3 Å². The second-order valence-corrected chi connectivity index (χ2v) is 10.4. The van der Waals surface area contributed by atoms with Gasteiger partial charge in [0.25, 0.3) is 5.92 Å². The third-order valence-corrected chi connectivity index (χ3v) is 8.70. The fourth-order valence-electron chi connectivity index (χ4n) is 7.61. The predicted octanol–water partition coefficient (Wildman–Crippen LogP) is 4.25. The Morgan fingerprint density at radius 3 is 2.69 bits per heavy atom.